The van der Waals surface area contributed by atoms with E-state index in [0.717, 1.165) is 0 Å². The van der Waals surface area contributed by atoms with Crippen LogP contribution in [0.15, 0.2) is 84.9 Å². The maximum absolute atomic E-state index is 2.37. The van der Waals surface area contributed by atoms with E-state index in [-0.39, 0.29) is 0 Å². The molecule has 0 saturated carbocycles. The van der Waals surface area contributed by atoms with Crippen molar-refractivity contribution in [2.45, 2.75) is 38.5 Å². The van der Waals surface area contributed by atoms with Gasteiger partial charge in [-0.05, 0) is 83.0 Å². The lowest BCUT2D eigenvalue weighted by atomic mass is 10.0. The van der Waals surface area contributed by atoms with E-state index in [2.05, 4.69) is 84.9 Å². The Morgan fingerprint density at radius 3 is 0.971 bits per heavy atom. The van der Waals surface area contributed by atoms with Crippen molar-refractivity contribution in [3.8, 4) is 41.8 Å². The lowest BCUT2D eigenvalue weighted by molar-refractivity contribution is 0.912. The highest BCUT2D eigenvalue weighted by atomic mass is 32.1. The van der Waals surface area contributed by atoms with Gasteiger partial charge in [-0.15, -0.1) is 22.7 Å². The quantitative estimate of drug-likeness (QED) is 0.243. The lowest BCUT2D eigenvalue weighted by Crippen LogP contribution is -1.83. The molecule has 0 aliphatic heterocycles. The third kappa shape index (κ3) is 3.32. The van der Waals surface area contributed by atoms with Gasteiger partial charge in [-0.2, -0.15) is 0 Å². The van der Waals surface area contributed by atoms with Gasteiger partial charge >= 0.3 is 0 Å². The van der Waals surface area contributed by atoms with Crippen molar-refractivity contribution in [2.24, 2.45) is 0 Å². The van der Waals surface area contributed by atoms with Crippen LogP contribution in [0.5, 0.6) is 0 Å². The highest BCUT2D eigenvalue weighted by Crippen LogP contribution is 2.48. The second kappa shape index (κ2) is 8.37. The monoisotopic (exact) mass is 474 g/mol. The van der Waals surface area contributed by atoms with Crippen molar-refractivity contribution >= 4 is 22.7 Å². The molecule has 0 unspecified atom stereocenters. The van der Waals surface area contributed by atoms with Gasteiger partial charge in [-0.3, -0.25) is 0 Å². The summed E-state index contributed by atoms with van der Waals surface area (Å²) in [4.78, 5) is 5.94. The Hall–Kier alpha value is -2.94. The van der Waals surface area contributed by atoms with E-state index < -0.39 is 0 Å². The number of benzene rings is 3. The molecule has 2 aliphatic carbocycles. The summed E-state index contributed by atoms with van der Waals surface area (Å²) in [5.74, 6) is 0. The van der Waals surface area contributed by atoms with Crippen LogP contribution in [0.25, 0.3) is 41.8 Å². The third-order valence-electron chi connectivity index (χ3n) is 7.42. The Morgan fingerprint density at radius 2 is 0.647 bits per heavy atom. The molecule has 2 aromatic heterocycles. The maximum Gasteiger partial charge on any atom is 0.0384 e. The predicted octanol–water partition coefficient (Wildman–Crippen LogP) is 9.45. The van der Waals surface area contributed by atoms with Gasteiger partial charge in [0.2, 0.25) is 0 Å². The van der Waals surface area contributed by atoms with Gasteiger partial charge in [0.15, 0.2) is 0 Å². The first-order chi connectivity index (χ1) is 16.9. The van der Waals surface area contributed by atoms with E-state index in [4.69, 9.17) is 0 Å². The summed E-state index contributed by atoms with van der Waals surface area (Å²) in [6, 6.07) is 31.4. The summed E-state index contributed by atoms with van der Waals surface area (Å²) >= 11 is 3.99. The number of fused-ring (bicyclic) bond motifs is 2. The Labute approximate surface area is 209 Å². The van der Waals surface area contributed by atoms with Crippen molar-refractivity contribution in [3.05, 3.63) is 107 Å². The van der Waals surface area contributed by atoms with Crippen LogP contribution in [0.1, 0.15) is 35.1 Å². The van der Waals surface area contributed by atoms with Gasteiger partial charge in [0.1, 0.15) is 0 Å². The lowest BCUT2D eigenvalue weighted by Gasteiger charge is -2.05. The Kier molecular flexibility index (Phi) is 5.03. The molecule has 3 aromatic carbocycles. The summed E-state index contributed by atoms with van der Waals surface area (Å²) in [6.07, 6.45) is 7.44. The van der Waals surface area contributed by atoms with Crippen LogP contribution in [0, 0.1) is 0 Å². The molecule has 2 heterocycles. The highest BCUT2D eigenvalue weighted by molar-refractivity contribution is 7.19. The molecule has 0 fully saturated rings. The zero-order valence-electron chi connectivity index (χ0n) is 19.1. The van der Waals surface area contributed by atoms with Gasteiger partial charge in [-0.1, -0.05) is 84.9 Å². The molecule has 0 radical (unpaired) electrons. The number of rotatable bonds is 4. The number of hydrogen-bond donors (Lipinski definition) is 0. The van der Waals surface area contributed by atoms with Gasteiger partial charge in [0, 0.05) is 19.5 Å². The Balaban J connectivity index is 1.28. The fraction of sp³-hybridized carbons (Fsp3) is 0.188. The molecule has 2 aliphatic rings. The smallest absolute Gasteiger partial charge is 0.0384 e. The summed E-state index contributed by atoms with van der Waals surface area (Å²) in [5, 5.41) is 0. The minimum absolute atomic E-state index is 1.22. The molecule has 0 bridgehead atoms. The molecule has 0 nitrogen and oxygen atoms in total. The van der Waals surface area contributed by atoms with Gasteiger partial charge < -0.3 is 0 Å². The topological polar surface area (TPSA) is 0 Å². The molecule has 0 N–H and O–H groups in total. The average Bonchev–Trinajstić information content (AvgIpc) is 3.67. The van der Waals surface area contributed by atoms with E-state index in [1.54, 1.807) is 22.3 Å². The van der Waals surface area contributed by atoms with Gasteiger partial charge in [-0.25, -0.2) is 0 Å². The molecule has 34 heavy (non-hydrogen) atoms. The fourth-order valence-corrected chi connectivity index (χ4v) is 8.64. The van der Waals surface area contributed by atoms with E-state index in [9.17, 15) is 0 Å². The zero-order valence-corrected chi connectivity index (χ0v) is 20.8. The standard InChI is InChI=1S/C32H26S2/c1-3-9-21(10-4-1)29-25-13-7-15-27(25)31(33-29)23-17-19-24(20-18-23)32-28-16-8-14-26(28)30(34-32)22-11-5-2-6-12-22/h1-6,9-12,17-20H,7-8,13-16H2. The molecule has 0 spiro atoms. The Bertz CT molecular complexity index is 1350. The molecule has 0 atom stereocenters. The van der Waals surface area contributed by atoms with Gasteiger partial charge in [0.25, 0.3) is 0 Å². The molecular weight excluding hydrogens is 448 g/mol. The van der Waals surface area contributed by atoms with Crippen molar-refractivity contribution in [3.63, 3.8) is 0 Å². The van der Waals surface area contributed by atoms with E-state index in [1.807, 2.05) is 22.7 Å². The van der Waals surface area contributed by atoms with Crippen LogP contribution in [-0.2, 0) is 25.7 Å². The molecule has 166 valence electrons. The SMILES string of the molecule is c1ccc(-c2sc(-c3ccc(-c4sc(-c5ccccc5)c5c4CCC5)cc3)c3c2CCC3)cc1. The first-order valence-corrected chi connectivity index (χ1v) is 14.0. The normalized spacial score (nSPS) is 14.4. The first-order valence-electron chi connectivity index (χ1n) is 12.4. The van der Waals surface area contributed by atoms with E-state index in [1.165, 1.54) is 80.3 Å². The van der Waals surface area contributed by atoms with Crippen LogP contribution in [0.4, 0.5) is 0 Å². The van der Waals surface area contributed by atoms with E-state index >= 15 is 0 Å². The molecule has 2 heteroatoms. The van der Waals surface area contributed by atoms with Gasteiger partial charge in [0.05, 0.1) is 0 Å². The van der Waals surface area contributed by atoms with Crippen molar-refractivity contribution in [2.75, 3.05) is 0 Å². The molecule has 5 aromatic rings. The average molecular weight is 475 g/mol. The second-order valence-corrected chi connectivity index (χ2v) is 11.5. The zero-order chi connectivity index (χ0) is 22.5. The highest BCUT2D eigenvalue weighted by Gasteiger charge is 2.26. The third-order valence-corrected chi connectivity index (χ3v) is 10.2. The van der Waals surface area contributed by atoms with Crippen molar-refractivity contribution in [1.29, 1.82) is 0 Å². The Morgan fingerprint density at radius 1 is 0.353 bits per heavy atom. The number of hydrogen-bond acceptors (Lipinski definition) is 2. The molecular formula is C32H26S2. The van der Waals surface area contributed by atoms with Crippen molar-refractivity contribution in [1.82, 2.24) is 0 Å². The summed E-state index contributed by atoms with van der Waals surface area (Å²) in [7, 11) is 0. The molecule has 7 rings (SSSR count). The van der Waals surface area contributed by atoms with Crippen LogP contribution < -0.4 is 0 Å². The summed E-state index contributed by atoms with van der Waals surface area (Å²) in [5.41, 5.74) is 11.9. The summed E-state index contributed by atoms with van der Waals surface area (Å²) < 4.78 is 0. The first kappa shape index (κ1) is 20.4. The fourth-order valence-electron chi connectivity index (χ4n) is 5.82. The van der Waals surface area contributed by atoms with Crippen LogP contribution >= 0.6 is 22.7 Å². The van der Waals surface area contributed by atoms with Crippen LogP contribution in [-0.4, -0.2) is 0 Å². The predicted molar refractivity (Wildman–Crippen MR) is 148 cm³/mol. The minimum atomic E-state index is 1.22. The minimum Gasteiger partial charge on any atom is -0.135 e. The van der Waals surface area contributed by atoms with Crippen LogP contribution in [0.2, 0.25) is 0 Å². The number of thiophene rings is 2. The molecule has 0 amide bonds. The second-order valence-electron chi connectivity index (χ2n) is 9.45. The summed E-state index contributed by atoms with van der Waals surface area (Å²) in [6.45, 7) is 0. The van der Waals surface area contributed by atoms with Crippen molar-refractivity contribution < 1.29 is 0 Å². The maximum atomic E-state index is 2.37. The van der Waals surface area contributed by atoms with Crippen LogP contribution in [0.3, 0.4) is 0 Å². The largest absolute Gasteiger partial charge is 0.135 e. The molecule has 0 saturated heterocycles. The van der Waals surface area contributed by atoms with E-state index in [0.29, 0.717) is 0 Å².